The molecule has 1 aromatic carbocycles. The number of benzene rings is 1. The maximum Gasteiger partial charge on any atom is 0.350 e. The predicted octanol–water partition coefficient (Wildman–Crippen LogP) is 1.05. The van der Waals surface area contributed by atoms with Gasteiger partial charge in [-0.25, -0.2) is 4.98 Å². The quantitative estimate of drug-likeness (QED) is 0.186. The Morgan fingerprint density at radius 2 is 1.97 bits per heavy atom. The summed E-state index contributed by atoms with van der Waals surface area (Å²) >= 11 is 6.19. The SMILES string of the molecule is COCC(Nc1nc(Cl)nc2c1ncn2[C@@H]1O[C@H](COCP(=O)(O)O)[C@@H](O)[C@H]1O)c1ccccc1. The molecule has 0 spiro atoms. The topological polar surface area (TPSA) is 181 Å². The molecule has 3 heterocycles. The van der Waals surface area contributed by atoms with E-state index in [0.717, 1.165) is 5.56 Å². The van der Waals surface area contributed by atoms with Crippen molar-refractivity contribution in [1.29, 1.82) is 0 Å². The van der Waals surface area contributed by atoms with Crippen LogP contribution in [0.4, 0.5) is 5.82 Å². The summed E-state index contributed by atoms with van der Waals surface area (Å²) in [4.78, 5) is 30.7. The highest BCUT2D eigenvalue weighted by Gasteiger charge is 2.44. The molecule has 5 atom stereocenters. The maximum absolute atomic E-state index is 11.0. The number of anilines is 1. The van der Waals surface area contributed by atoms with Crippen LogP contribution in [0, 0.1) is 0 Å². The third-order valence-electron chi connectivity index (χ3n) is 5.39. The number of imidazole rings is 1. The van der Waals surface area contributed by atoms with Crippen molar-refractivity contribution in [1.82, 2.24) is 19.5 Å². The smallest absolute Gasteiger partial charge is 0.350 e. The molecule has 2 aromatic heterocycles. The minimum atomic E-state index is -4.39. The molecule has 0 radical (unpaired) electrons. The van der Waals surface area contributed by atoms with Crippen LogP contribution < -0.4 is 5.32 Å². The van der Waals surface area contributed by atoms with Crippen LogP contribution in [-0.2, 0) is 18.8 Å². The molecular formula is C20H25ClN5O8P. The second-order valence-electron chi connectivity index (χ2n) is 7.94. The van der Waals surface area contributed by atoms with Gasteiger partial charge < -0.3 is 39.5 Å². The zero-order chi connectivity index (χ0) is 25.2. The average Bonchev–Trinajstić information content (AvgIpc) is 3.34. The van der Waals surface area contributed by atoms with E-state index in [-0.39, 0.29) is 23.6 Å². The number of aliphatic hydroxyl groups is 2. The van der Waals surface area contributed by atoms with E-state index < -0.39 is 38.5 Å². The molecule has 0 bridgehead atoms. The summed E-state index contributed by atoms with van der Waals surface area (Å²) in [6.45, 7) is -0.00838. The molecule has 3 aromatic rings. The molecule has 190 valence electrons. The Balaban J connectivity index is 1.59. The molecule has 0 saturated carbocycles. The second-order valence-corrected chi connectivity index (χ2v) is 9.86. The fourth-order valence-electron chi connectivity index (χ4n) is 3.80. The number of hydrogen-bond donors (Lipinski definition) is 5. The van der Waals surface area contributed by atoms with Gasteiger partial charge in [0.15, 0.2) is 23.2 Å². The number of methoxy groups -OCH3 is 1. The number of nitrogens with zero attached hydrogens (tertiary/aromatic N) is 4. The van der Waals surface area contributed by atoms with Gasteiger partial charge in [-0.15, -0.1) is 0 Å². The van der Waals surface area contributed by atoms with E-state index in [0.29, 0.717) is 17.9 Å². The number of nitrogens with one attached hydrogen (secondary N) is 1. The van der Waals surface area contributed by atoms with Gasteiger partial charge in [-0.1, -0.05) is 30.3 Å². The summed E-state index contributed by atoms with van der Waals surface area (Å²) in [6, 6.07) is 9.32. The second kappa shape index (κ2) is 10.8. The number of aliphatic hydroxyl groups excluding tert-OH is 2. The number of aromatic nitrogens is 4. The molecule has 35 heavy (non-hydrogen) atoms. The lowest BCUT2D eigenvalue weighted by Gasteiger charge is -2.20. The summed E-state index contributed by atoms with van der Waals surface area (Å²) < 4.78 is 28.4. The fraction of sp³-hybridized carbons (Fsp3) is 0.450. The van der Waals surface area contributed by atoms with Crippen molar-refractivity contribution in [2.24, 2.45) is 0 Å². The summed E-state index contributed by atoms with van der Waals surface area (Å²) in [7, 11) is -2.81. The maximum atomic E-state index is 11.0. The van der Waals surface area contributed by atoms with E-state index in [9.17, 15) is 14.8 Å². The first-order valence-corrected chi connectivity index (χ1v) is 12.7. The first-order valence-electron chi connectivity index (χ1n) is 10.5. The first-order chi connectivity index (χ1) is 16.7. The highest BCUT2D eigenvalue weighted by atomic mass is 35.5. The molecular weight excluding hydrogens is 505 g/mol. The average molecular weight is 530 g/mol. The Kier molecular flexibility index (Phi) is 8.01. The number of rotatable bonds is 10. The first kappa shape index (κ1) is 25.9. The van der Waals surface area contributed by atoms with Crippen LogP contribution in [0.1, 0.15) is 17.8 Å². The van der Waals surface area contributed by atoms with Gasteiger partial charge in [0.05, 0.1) is 25.6 Å². The van der Waals surface area contributed by atoms with Gasteiger partial charge in [-0.05, 0) is 17.2 Å². The van der Waals surface area contributed by atoms with Crippen molar-refractivity contribution in [2.75, 3.05) is 32.0 Å². The zero-order valence-corrected chi connectivity index (χ0v) is 20.2. The van der Waals surface area contributed by atoms with Crippen molar-refractivity contribution < 1.29 is 38.8 Å². The van der Waals surface area contributed by atoms with Gasteiger partial charge in [-0.3, -0.25) is 9.13 Å². The van der Waals surface area contributed by atoms with Gasteiger partial charge >= 0.3 is 7.60 Å². The lowest BCUT2D eigenvalue weighted by Crippen LogP contribution is -2.33. The van der Waals surface area contributed by atoms with Crippen LogP contribution in [-0.4, -0.2) is 84.5 Å². The van der Waals surface area contributed by atoms with Gasteiger partial charge in [0.25, 0.3) is 0 Å². The summed E-state index contributed by atoms with van der Waals surface area (Å²) in [5.41, 5.74) is 1.54. The molecule has 1 saturated heterocycles. The third kappa shape index (κ3) is 5.97. The van der Waals surface area contributed by atoms with Crippen LogP contribution in [0.25, 0.3) is 11.2 Å². The van der Waals surface area contributed by atoms with E-state index in [2.05, 4.69) is 20.3 Å². The minimum Gasteiger partial charge on any atom is -0.387 e. The highest BCUT2D eigenvalue weighted by molar-refractivity contribution is 7.51. The summed E-state index contributed by atoms with van der Waals surface area (Å²) in [5, 5.41) is 24.1. The Morgan fingerprint density at radius 3 is 2.66 bits per heavy atom. The molecule has 13 nitrogen and oxygen atoms in total. The van der Waals surface area contributed by atoms with Gasteiger partial charge in [-0.2, -0.15) is 9.97 Å². The fourth-order valence-corrected chi connectivity index (χ4v) is 4.31. The standard InChI is InChI=1S/C20H25ClN5O8P/c1-32-7-12(11-5-3-2-4-6-11)23-17-14-18(25-20(21)24-17)26(9-22-14)19-16(28)15(27)13(34-19)8-33-10-35(29,30)31/h2-6,9,12-13,15-16,19,27-28H,7-8,10H2,1H3,(H,23,24,25)(H2,29,30,31)/t12?,13-,15-,16-,19-/m1/s1. The monoisotopic (exact) mass is 529 g/mol. The van der Waals surface area contributed by atoms with Crippen LogP contribution in [0.2, 0.25) is 5.28 Å². The van der Waals surface area contributed by atoms with Crippen LogP contribution in [0.5, 0.6) is 0 Å². The van der Waals surface area contributed by atoms with Crippen molar-refractivity contribution in [2.45, 2.75) is 30.6 Å². The Morgan fingerprint density at radius 1 is 1.23 bits per heavy atom. The van der Waals surface area contributed by atoms with Crippen LogP contribution >= 0.6 is 19.2 Å². The summed E-state index contributed by atoms with van der Waals surface area (Å²) in [5.74, 6) is 0.333. The van der Waals surface area contributed by atoms with E-state index >= 15 is 0 Å². The molecule has 5 N–H and O–H groups in total. The van der Waals surface area contributed by atoms with Gasteiger partial charge in [0.1, 0.15) is 24.7 Å². The molecule has 1 aliphatic rings. The Hall–Kier alpha value is -2.19. The van der Waals surface area contributed by atoms with E-state index in [4.69, 9.17) is 35.6 Å². The lowest BCUT2D eigenvalue weighted by atomic mass is 10.1. The van der Waals surface area contributed by atoms with Crippen LogP contribution in [0.15, 0.2) is 36.7 Å². The minimum absolute atomic E-state index is 0.0828. The van der Waals surface area contributed by atoms with Crippen molar-refractivity contribution in [3.63, 3.8) is 0 Å². The predicted molar refractivity (Wildman–Crippen MR) is 124 cm³/mol. The number of ether oxygens (including phenoxy) is 3. The van der Waals surface area contributed by atoms with E-state index in [1.54, 1.807) is 7.11 Å². The molecule has 0 aliphatic carbocycles. The molecule has 1 fully saturated rings. The van der Waals surface area contributed by atoms with Crippen molar-refractivity contribution in [3.05, 3.63) is 47.5 Å². The number of halogens is 1. The molecule has 1 unspecified atom stereocenters. The molecule has 4 rings (SSSR count). The number of hydrogen-bond acceptors (Lipinski definition) is 10. The molecule has 1 aliphatic heterocycles. The van der Waals surface area contributed by atoms with Crippen LogP contribution in [0.3, 0.4) is 0 Å². The molecule has 0 amide bonds. The third-order valence-corrected chi connectivity index (χ3v) is 6.08. The van der Waals surface area contributed by atoms with Crippen molar-refractivity contribution in [3.8, 4) is 0 Å². The normalized spacial score (nSPS) is 23.6. The van der Waals surface area contributed by atoms with Crippen molar-refractivity contribution >= 4 is 36.2 Å². The zero-order valence-electron chi connectivity index (χ0n) is 18.5. The lowest BCUT2D eigenvalue weighted by molar-refractivity contribution is -0.0612. The Bertz CT molecular complexity index is 1190. The largest absolute Gasteiger partial charge is 0.387 e. The van der Waals surface area contributed by atoms with Gasteiger partial charge in [0.2, 0.25) is 5.28 Å². The molecule has 15 heteroatoms. The van der Waals surface area contributed by atoms with E-state index in [1.165, 1.54) is 10.9 Å². The van der Waals surface area contributed by atoms with Gasteiger partial charge in [0, 0.05) is 7.11 Å². The summed E-state index contributed by atoms with van der Waals surface area (Å²) in [6.07, 6.45) is -4.40. The van der Waals surface area contributed by atoms with E-state index in [1.807, 2.05) is 30.3 Å². The highest BCUT2D eigenvalue weighted by Crippen LogP contribution is 2.36. The number of fused-ring (bicyclic) bond motifs is 1. The Labute approximate surface area is 204 Å².